The first-order valence-electron chi connectivity index (χ1n) is 8.14. The van der Waals surface area contributed by atoms with E-state index in [1.807, 2.05) is 12.1 Å². The number of benzene rings is 3. The van der Waals surface area contributed by atoms with Crippen molar-refractivity contribution < 1.29 is 9.57 Å². The number of rotatable bonds is 4. The van der Waals surface area contributed by atoms with Gasteiger partial charge in [-0.15, -0.1) is 0 Å². The van der Waals surface area contributed by atoms with Gasteiger partial charge >= 0.3 is 0 Å². The topological polar surface area (TPSA) is 30.8 Å². The number of methoxy groups -OCH3 is 1. The van der Waals surface area contributed by atoms with Crippen molar-refractivity contribution in [1.82, 2.24) is 0 Å². The molecule has 1 aromatic heterocycles. The molecule has 0 amide bonds. The summed E-state index contributed by atoms with van der Waals surface area (Å²) in [6.07, 6.45) is 0. The van der Waals surface area contributed by atoms with Crippen LogP contribution in [0.4, 0.5) is 0 Å². The molecule has 5 heteroatoms. The molecule has 0 fully saturated rings. The normalized spacial score (nSPS) is 11.7. The number of hydrogen-bond acceptors (Lipinski definition) is 5. The third-order valence-electron chi connectivity index (χ3n) is 4.23. The fourth-order valence-electron chi connectivity index (χ4n) is 3.02. The van der Waals surface area contributed by atoms with Crippen LogP contribution in [0.2, 0.25) is 0 Å². The van der Waals surface area contributed by atoms with Gasteiger partial charge in [-0.05, 0) is 46.2 Å². The van der Waals surface area contributed by atoms with Crippen molar-refractivity contribution in [3.05, 3.63) is 71.4 Å². The van der Waals surface area contributed by atoms with E-state index in [0.717, 1.165) is 21.5 Å². The molecule has 0 atom stereocenters. The minimum absolute atomic E-state index is 0.850. The van der Waals surface area contributed by atoms with Crippen molar-refractivity contribution >= 4 is 31.5 Å². The molecular formula is C21H17NO2S2. The van der Waals surface area contributed by atoms with Crippen LogP contribution in [0.5, 0.6) is 5.75 Å². The molecule has 0 saturated heterocycles. The first kappa shape index (κ1) is 16.8. The quantitative estimate of drug-likeness (QED) is 0.333. The van der Waals surface area contributed by atoms with Gasteiger partial charge in [0.2, 0.25) is 0 Å². The highest BCUT2D eigenvalue weighted by Crippen LogP contribution is 2.39. The van der Waals surface area contributed by atoms with Gasteiger partial charge < -0.3 is 9.57 Å². The molecule has 4 rings (SSSR count). The molecule has 130 valence electrons. The maximum Gasteiger partial charge on any atom is 0.174 e. The molecule has 4 aromatic rings. The highest BCUT2D eigenvalue weighted by atomic mass is 32.9. The molecular weight excluding hydrogens is 362 g/mol. The van der Waals surface area contributed by atoms with Gasteiger partial charge in [0.05, 0.1) is 12.0 Å². The Morgan fingerprint density at radius 2 is 1.58 bits per heavy atom. The van der Waals surface area contributed by atoms with E-state index in [1.54, 1.807) is 34.9 Å². The van der Waals surface area contributed by atoms with Crippen molar-refractivity contribution in [3.8, 4) is 27.3 Å². The third-order valence-corrected chi connectivity index (χ3v) is 6.58. The lowest BCUT2D eigenvalue weighted by Gasteiger charge is -2.08. The van der Waals surface area contributed by atoms with Crippen LogP contribution >= 0.6 is 20.7 Å². The fourth-order valence-corrected chi connectivity index (χ4v) is 5.54. The lowest BCUT2D eigenvalue weighted by molar-refractivity contribution is 0.202. The molecule has 0 aliphatic heterocycles. The molecule has 26 heavy (non-hydrogen) atoms. The largest absolute Gasteiger partial charge is 0.497 e. The third kappa shape index (κ3) is 3.00. The smallest absolute Gasteiger partial charge is 0.174 e. The molecule has 0 unspecified atom stereocenters. The van der Waals surface area contributed by atoms with E-state index in [0.29, 0.717) is 0 Å². The Hall–Kier alpha value is -2.63. The van der Waals surface area contributed by atoms with Crippen molar-refractivity contribution in [2.75, 3.05) is 14.2 Å². The number of fused-ring (bicyclic) bond motifs is 1. The molecule has 0 N–H and O–H groups in total. The van der Waals surface area contributed by atoms with Crippen LogP contribution in [0, 0.1) is 0 Å². The predicted octanol–water partition coefficient (Wildman–Crippen LogP) is 5.77. The lowest BCUT2D eigenvalue weighted by atomic mass is 9.97. The van der Waals surface area contributed by atoms with Crippen molar-refractivity contribution in [1.29, 1.82) is 0 Å². The summed E-state index contributed by atoms with van der Waals surface area (Å²) in [4.78, 5) is 6.29. The average Bonchev–Trinajstić information content (AvgIpc) is 3.11. The van der Waals surface area contributed by atoms with Crippen LogP contribution in [-0.2, 0) is 4.84 Å². The zero-order valence-electron chi connectivity index (χ0n) is 14.4. The zero-order valence-corrected chi connectivity index (χ0v) is 16.1. The maximum atomic E-state index is 5.29. The molecule has 0 aliphatic rings. The Labute approximate surface area is 159 Å². The summed E-state index contributed by atoms with van der Waals surface area (Å²) in [5.74, 6) is 0.850. The van der Waals surface area contributed by atoms with Gasteiger partial charge in [-0.25, -0.2) is 0 Å². The van der Waals surface area contributed by atoms with E-state index in [1.165, 1.54) is 21.2 Å². The van der Waals surface area contributed by atoms with Gasteiger partial charge in [0.1, 0.15) is 12.9 Å². The lowest BCUT2D eigenvalue weighted by Crippen LogP contribution is -2.00. The Morgan fingerprint density at radius 1 is 0.808 bits per heavy atom. The summed E-state index contributed by atoms with van der Waals surface area (Å²) >= 11 is 0. The van der Waals surface area contributed by atoms with E-state index >= 15 is 0 Å². The summed E-state index contributed by atoms with van der Waals surface area (Å²) in [6, 6.07) is 22.9. The van der Waals surface area contributed by atoms with Crippen LogP contribution < -0.4 is 9.41 Å². The van der Waals surface area contributed by atoms with Crippen LogP contribution in [0.15, 0.2) is 71.9 Å². The van der Waals surface area contributed by atoms with Crippen LogP contribution in [0.3, 0.4) is 0 Å². The minimum Gasteiger partial charge on any atom is -0.497 e. The SMILES string of the molecule is CO/N=c1\ssc(-c2ccc(OC)cc2)c1-c1cccc2ccccc12. The Kier molecular flexibility index (Phi) is 4.73. The Bertz CT molecular complexity index is 1110. The van der Waals surface area contributed by atoms with Gasteiger partial charge in [0.15, 0.2) is 4.67 Å². The van der Waals surface area contributed by atoms with E-state index in [9.17, 15) is 0 Å². The monoisotopic (exact) mass is 379 g/mol. The highest BCUT2D eigenvalue weighted by Gasteiger charge is 2.16. The molecule has 3 nitrogen and oxygen atoms in total. The van der Waals surface area contributed by atoms with Crippen LogP contribution in [-0.4, -0.2) is 14.2 Å². The van der Waals surface area contributed by atoms with E-state index in [4.69, 9.17) is 9.57 Å². The number of nitrogens with zero attached hydrogens (tertiary/aromatic N) is 1. The molecule has 1 heterocycles. The molecule has 0 radical (unpaired) electrons. The predicted molar refractivity (Wildman–Crippen MR) is 110 cm³/mol. The number of ether oxygens (including phenoxy) is 1. The summed E-state index contributed by atoms with van der Waals surface area (Å²) in [7, 11) is 6.61. The molecule has 0 saturated carbocycles. The summed E-state index contributed by atoms with van der Waals surface area (Å²) < 4.78 is 6.18. The van der Waals surface area contributed by atoms with Crippen molar-refractivity contribution in [2.45, 2.75) is 0 Å². The minimum atomic E-state index is 0.850. The van der Waals surface area contributed by atoms with E-state index in [-0.39, 0.29) is 0 Å². The van der Waals surface area contributed by atoms with Gasteiger partial charge in [-0.3, -0.25) is 0 Å². The highest BCUT2D eigenvalue weighted by molar-refractivity contribution is 7.70. The van der Waals surface area contributed by atoms with Crippen molar-refractivity contribution in [2.24, 2.45) is 5.16 Å². The zero-order chi connectivity index (χ0) is 17.9. The fraction of sp³-hybridized carbons (Fsp3) is 0.0952. The first-order chi connectivity index (χ1) is 12.8. The first-order valence-corrected chi connectivity index (χ1v) is 10.3. The standard InChI is InChI=1S/C21H17NO2S2/c1-23-16-12-10-15(11-13-16)20-19(21(22-24-2)26-25-20)18-9-5-7-14-6-3-4-8-17(14)18/h3-13H,1-2H3/b22-21-. The molecule has 0 bridgehead atoms. The Balaban J connectivity index is 1.99. The second-order valence-corrected chi connectivity index (χ2v) is 7.83. The van der Waals surface area contributed by atoms with E-state index < -0.39 is 0 Å². The number of hydrogen-bond donors (Lipinski definition) is 0. The van der Waals surface area contributed by atoms with Crippen LogP contribution in [0.25, 0.3) is 32.3 Å². The summed E-state index contributed by atoms with van der Waals surface area (Å²) in [5.41, 5.74) is 3.43. The average molecular weight is 380 g/mol. The Morgan fingerprint density at radius 3 is 2.35 bits per heavy atom. The summed E-state index contributed by atoms with van der Waals surface area (Å²) in [6.45, 7) is 0. The van der Waals surface area contributed by atoms with Gasteiger partial charge in [-0.2, -0.15) is 0 Å². The van der Waals surface area contributed by atoms with Gasteiger partial charge in [-0.1, -0.05) is 68.3 Å². The van der Waals surface area contributed by atoms with Gasteiger partial charge in [0.25, 0.3) is 0 Å². The second-order valence-electron chi connectivity index (χ2n) is 5.71. The maximum absolute atomic E-state index is 5.29. The van der Waals surface area contributed by atoms with E-state index in [2.05, 4.69) is 59.8 Å². The van der Waals surface area contributed by atoms with Gasteiger partial charge in [0, 0.05) is 5.56 Å². The second kappa shape index (κ2) is 7.32. The molecule has 3 aromatic carbocycles. The molecule has 0 spiro atoms. The van der Waals surface area contributed by atoms with Crippen LogP contribution in [0.1, 0.15) is 0 Å². The van der Waals surface area contributed by atoms with Crippen molar-refractivity contribution in [3.63, 3.8) is 0 Å². The molecule has 0 aliphatic carbocycles. The summed E-state index contributed by atoms with van der Waals surface area (Å²) in [5, 5.41) is 6.70.